The standard InChI is InChI=1S/C25H29N3O2/c1-28(19-20-8-3-2-4-9-20)17-7-15-26-24(29)14-16-27-25(30)23-13-12-21-10-5-6-11-22(21)18-23/h2-6,8-13,18H,7,14-17,19H2,1H3,(H,26,29)(H,27,30). The predicted molar refractivity (Wildman–Crippen MR) is 121 cm³/mol. The summed E-state index contributed by atoms with van der Waals surface area (Å²) in [7, 11) is 2.08. The summed E-state index contributed by atoms with van der Waals surface area (Å²) in [5.74, 6) is -0.199. The summed E-state index contributed by atoms with van der Waals surface area (Å²) in [6.45, 7) is 2.77. The van der Waals surface area contributed by atoms with Crippen molar-refractivity contribution >= 4 is 22.6 Å². The molecule has 156 valence electrons. The zero-order valence-corrected chi connectivity index (χ0v) is 17.4. The predicted octanol–water partition coefficient (Wildman–Crippen LogP) is 3.60. The monoisotopic (exact) mass is 403 g/mol. The van der Waals surface area contributed by atoms with E-state index in [-0.39, 0.29) is 18.2 Å². The molecule has 3 rings (SSSR count). The van der Waals surface area contributed by atoms with Crippen LogP contribution in [-0.4, -0.2) is 43.4 Å². The van der Waals surface area contributed by atoms with Crippen LogP contribution in [0.15, 0.2) is 72.8 Å². The number of hydrogen-bond donors (Lipinski definition) is 2. The zero-order chi connectivity index (χ0) is 21.2. The Morgan fingerprint density at radius 3 is 2.37 bits per heavy atom. The maximum atomic E-state index is 12.3. The molecule has 30 heavy (non-hydrogen) atoms. The Bertz CT molecular complexity index is 972. The normalized spacial score (nSPS) is 10.9. The fourth-order valence-corrected chi connectivity index (χ4v) is 3.36. The van der Waals surface area contributed by atoms with Crippen LogP contribution in [-0.2, 0) is 11.3 Å². The number of carbonyl (C=O) groups is 2. The molecule has 3 aromatic rings. The first kappa shape index (κ1) is 21.5. The number of amides is 2. The van der Waals surface area contributed by atoms with Gasteiger partial charge in [-0.1, -0.05) is 60.7 Å². The van der Waals surface area contributed by atoms with Gasteiger partial charge >= 0.3 is 0 Å². The van der Waals surface area contributed by atoms with Crippen LogP contribution in [0, 0.1) is 0 Å². The number of benzene rings is 3. The molecule has 2 N–H and O–H groups in total. The van der Waals surface area contributed by atoms with E-state index in [1.807, 2.05) is 60.7 Å². The van der Waals surface area contributed by atoms with Crippen molar-refractivity contribution in [2.45, 2.75) is 19.4 Å². The van der Waals surface area contributed by atoms with Crippen molar-refractivity contribution in [2.24, 2.45) is 0 Å². The summed E-state index contributed by atoms with van der Waals surface area (Å²) >= 11 is 0. The van der Waals surface area contributed by atoms with Gasteiger partial charge in [0.15, 0.2) is 0 Å². The lowest BCUT2D eigenvalue weighted by Crippen LogP contribution is -2.32. The van der Waals surface area contributed by atoms with Crippen LogP contribution in [0.25, 0.3) is 10.8 Å². The molecule has 0 saturated heterocycles. The molecular weight excluding hydrogens is 374 g/mol. The van der Waals surface area contributed by atoms with Crippen molar-refractivity contribution in [1.29, 1.82) is 0 Å². The summed E-state index contributed by atoms with van der Waals surface area (Å²) in [5.41, 5.74) is 1.89. The molecule has 0 aliphatic carbocycles. The molecule has 0 bridgehead atoms. The summed E-state index contributed by atoms with van der Waals surface area (Å²) in [6.07, 6.45) is 1.16. The molecule has 2 amide bonds. The Morgan fingerprint density at radius 2 is 1.57 bits per heavy atom. The number of carbonyl (C=O) groups excluding carboxylic acids is 2. The van der Waals surface area contributed by atoms with Gasteiger partial charge in [0.2, 0.25) is 5.91 Å². The van der Waals surface area contributed by atoms with Crippen molar-refractivity contribution in [3.63, 3.8) is 0 Å². The second-order valence-corrected chi connectivity index (χ2v) is 7.49. The van der Waals surface area contributed by atoms with E-state index in [1.54, 1.807) is 0 Å². The lowest BCUT2D eigenvalue weighted by atomic mass is 10.1. The quantitative estimate of drug-likeness (QED) is 0.509. The van der Waals surface area contributed by atoms with Gasteiger partial charge in [-0.3, -0.25) is 9.59 Å². The summed E-state index contributed by atoms with van der Waals surface area (Å²) < 4.78 is 0. The summed E-state index contributed by atoms with van der Waals surface area (Å²) in [6, 6.07) is 23.9. The molecule has 0 heterocycles. The van der Waals surface area contributed by atoms with E-state index >= 15 is 0 Å². The number of nitrogens with one attached hydrogen (secondary N) is 2. The zero-order valence-electron chi connectivity index (χ0n) is 17.4. The van der Waals surface area contributed by atoms with Crippen molar-refractivity contribution < 1.29 is 9.59 Å². The molecule has 0 saturated carbocycles. The highest BCUT2D eigenvalue weighted by Gasteiger charge is 2.08. The van der Waals surface area contributed by atoms with Crippen LogP contribution in [0.1, 0.15) is 28.8 Å². The highest BCUT2D eigenvalue weighted by molar-refractivity contribution is 5.98. The Hall–Kier alpha value is -3.18. The van der Waals surface area contributed by atoms with Crippen LogP contribution in [0.4, 0.5) is 0 Å². The van der Waals surface area contributed by atoms with Crippen LogP contribution < -0.4 is 10.6 Å². The Balaban J connectivity index is 1.30. The minimum absolute atomic E-state index is 0.0421. The van der Waals surface area contributed by atoms with Crippen LogP contribution in [0.5, 0.6) is 0 Å². The topological polar surface area (TPSA) is 61.4 Å². The number of nitrogens with zero attached hydrogens (tertiary/aromatic N) is 1. The molecule has 3 aromatic carbocycles. The van der Waals surface area contributed by atoms with Gasteiger partial charge in [0.25, 0.3) is 5.91 Å². The van der Waals surface area contributed by atoms with E-state index in [1.165, 1.54) is 5.56 Å². The molecule has 5 heteroatoms. The smallest absolute Gasteiger partial charge is 0.251 e. The van der Waals surface area contributed by atoms with Crippen molar-refractivity contribution in [3.05, 3.63) is 83.9 Å². The van der Waals surface area contributed by atoms with Crippen LogP contribution in [0.3, 0.4) is 0 Å². The van der Waals surface area contributed by atoms with Gasteiger partial charge in [-0.25, -0.2) is 0 Å². The van der Waals surface area contributed by atoms with Gasteiger partial charge in [0.05, 0.1) is 0 Å². The highest BCUT2D eigenvalue weighted by atomic mass is 16.2. The van der Waals surface area contributed by atoms with E-state index in [0.29, 0.717) is 18.7 Å². The molecular formula is C25H29N3O2. The van der Waals surface area contributed by atoms with E-state index in [2.05, 4.69) is 34.7 Å². The summed E-state index contributed by atoms with van der Waals surface area (Å²) in [4.78, 5) is 26.5. The molecule has 5 nitrogen and oxygen atoms in total. The minimum atomic E-state index is -0.156. The van der Waals surface area contributed by atoms with Gasteiger partial charge in [-0.05, 0) is 48.5 Å². The maximum Gasteiger partial charge on any atom is 0.251 e. The van der Waals surface area contributed by atoms with Crippen molar-refractivity contribution in [3.8, 4) is 0 Å². The van der Waals surface area contributed by atoms with E-state index in [0.717, 1.165) is 30.3 Å². The molecule has 0 aliphatic heterocycles. The third kappa shape index (κ3) is 6.71. The molecule has 0 aliphatic rings. The lowest BCUT2D eigenvalue weighted by molar-refractivity contribution is -0.120. The third-order valence-electron chi connectivity index (χ3n) is 4.98. The molecule has 0 unspecified atom stereocenters. The number of fused-ring (bicyclic) bond motifs is 1. The van der Waals surface area contributed by atoms with Gasteiger partial charge in [0, 0.05) is 31.6 Å². The molecule has 0 fully saturated rings. The average molecular weight is 404 g/mol. The first-order chi connectivity index (χ1) is 14.6. The Labute approximate surface area is 178 Å². The van der Waals surface area contributed by atoms with Gasteiger partial charge in [0.1, 0.15) is 0 Å². The van der Waals surface area contributed by atoms with Gasteiger partial charge in [-0.2, -0.15) is 0 Å². The van der Waals surface area contributed by atoms with Gasteiger partial charge in [-0.15, -0.1) is 0 Å². The van der Waals surface area contributed by atoms with E-state index < -0.39 is 0 Å². The molecule has 0 atom stereocenters. The van der Waals surface area contributed by atoms with Crippen molar-refractivity contribution in [2.75, 3.05) is 26.7 Å². The van der Waals surface area contributed by atoms with Gasteiger partial charge < -0.3 is 15.5 Å². The summed E-state index contributed by atoms with van der Waals surface area (Å²) in [5, 5.41) is 7.87. The second kappa shape index (κ2) is 11.1. The Morgan fingerprint density at radius 1 is 0.833 bits per heavy atom. The first-order valence-corrected chi connectivity index (χ1v) is 10.4. The minimum Gasteiger partial charge on any atom is -0.356 e. The van der Waals surface area contributed by atoms with Crippen molar-refractivity contribution in [1.82, 2.24) is 15.5 Å². The highest BCUT2D eigenvalue weighted by Crippen LogP contribution is 2.15. The van der Waals surface area contributed by atoms with Crippen LogP contribution in [0.2, 0.25) is 0 Å². The molecule has 0 radical (unpaired) electrons. The number of hydrogen-bond acceptors (Lipinski definition) is 3. The fourth-order valence-electron chi connectivity index (χ4n) is 3.36. The third-order valence-corrected chi connectivity index (χ3v) is 4.98. The first-order valence-electron chi connectivity index (χ1n) is 10.4. The average Bonchev–Trinajstić information content (AvgIpc) is 2.77. The van der Waals surface area contributed by atoms with Crippen LogP contribution >= 0.6 is 0 Å². The van der Waals surface area contributed by atoms with E-state index in [4.69, 9.17) is 0 Å². The SMILES string of the molecule is CN(CCCNC(=O)CCNC(=O)c1ccc2ccccc2c1)Cc1ccccc1. The number of rotatable bonds is 10. The molecule has 0 aromatic heterocycles. The maximum absolute atomic E-state index is 12.3. The Kier molecular flexibility index (Phi) is 7.98. The lowest BCUT2D eigenvalue weighted by Gasteiger charge is -2.16. The largest absolute Gasteiger partial charge is 0.356 e. The fraction of sp³-hybridized carbons (Fsp3) is 0.280. The second-order valence-electron chi connectivity index (χ2n) is 7.49. The molecule has 0 spiro atoms. The van der Waals surface area contributed by atoms with E-state index in [9.17, 15) is 9.59 Å².